The molecule has 0 saturated heterocycles. The Morgan fingerprint density at radius 3 is 2.83 bits per heavy atom. The first kappa shape index (κ1) is 11.8. The first-order valence-electron chi connectivity index (χ1n) is 6.74. The van der Waals surface area contributed by atoms with Crippen LogP contribution in [0, 0.1) is 0 Å². The van der Waals surface area contributed by atoms with Crippen LogP contribution in [0.1, 0.15) is 23.1 Å². The van der Waals surface area contributed by atoms with Crippen molar-refractivity contribution < 1.29 is 0 Å². The molecule has 0 saturated carbocycles. The van der Waals surface area contributed by atoms with Crippen molar-refractivity contribution in [2.24, 2.45) is 7.05 Å². The van der Waals surface area contributed by atoms with Gasteiger partial charge in [-0.2, -0.15) is 0 Å². The monoisotopic (exact) mass is 243 g/mol. The number of benzene rings is 1. The molecule has 3 heteroatoms. The largest absolute Gasteiger partial charge is 0.350 e. The molecule has 0 fully saturated rings. The van der Waals surface area contributed by atoms with E-state index in [1.54, 1.807) is 0 Å². The average molecular weight is 243 g/mol. The normalized spacial score (nSPS) is 14.3. The summed E-state index contributed by atoms with van der Waals surface area (Å²) in [5, 5.41) is 8.08. The summed E-state index contributed by atoms with van der Waals surface area (Å²) in [4.78, 5) is 0. The van der Waals surface area contributed by atoms with Gasteiger partial charge >= 0.3 is 0 Å². The van der Waals surface area contributed by atoms with Crippen LogP contribution in [0.3, 0.4) is 0 Å². The Balaban J connectivity index is 1.99. The molecule has 1 aliphatic heterocycles. The number of fused-ring (bicyclic) bond motifs is 2. The first-order valence-corrected chi connectivity index (χ1v) is 6.74. The third-order valence-electron chi connectivity index (χ3n) is 3.90. The van der Waals surface area contributed by atoms with E-state index in [2.05, 4.69) is 40.6 Å². The minimum atomic E-state index is 1.02. The maximum absolute atomic E-state index is 3.42. The van der Waals surface area contributed by atoms with Crippen LogP contribution in [0.25, 0.3) is 10.9 Å². The highest BCUT2D eigenvalue weighted by atomic mass is 14.9. The van der Waals surface area contributed by atoms with Gasteiger partial charge in [0, 0.05) is 37.2 Å². The van der Waals surface area contributed by atoms with E-state index in [0.717, 1.165) is 26.1 Å². The summed E-state index contributed by atoms with van der Waals surface area (Å²) in [5.41, 5.74) is 5.79. The van der Waals surface area contributed by atoms with Crippen molar-refractivity contribution in [2.75, 3.05) is 13.6 Å². The predicted molar refractivity (Wildman–Crippen MR) is 75.7 cm³/mol. The molecule has 0 aliphatic carbocycles. The average Bonchev–Trinajstić information content (AvgIpc) is 2.93. The smallest absolute Gasteiger partial charge is 0.0484 e. The number of rotatable bonds is 4. The SMILES string of the molecule is CNCCCc1cn(C)c2cc3c(cc12)CNC3. The second-order valence-electron chi connectivity index (χ2n) is 5.21. The van der Waals surface area contributed by atoms with Crippen LogP contribution in [-0.4, -0.2) is 18.2 Å². The highest BCUT2D eigenvalue weighted by molar-refractivity contribution is 5.85. The molecule has 96 valence electrons. The predicted octanol–water partition coefficient (Wildman–Crippen LogP) is 1.93. The number of nitrogens with one attached hydrogen (secondary N) is 2. The fraction of sp³-hybridized carbons (Fsp3) is 0.467. The number of aryl methyl sites for hydroxylation is 2. The van der Waals surface area contributed by atoms with Crippen LogP contribution in [0.15, 0.2) is 18.3 Å². The minimum absolute atomic E-state index is 1.02. The van der Waals surface area contributed by atoms with Gasteiger partial charge in [0.25, 0.3) is 0 Å². The van der Waals surface area contributed by atoms with Crippen LogP contribution >= 0.6 is 0 Å². The lowest BCUT2D eigenvalue weighted by atomic mass is 10.0. The van der Waals surface area contributed by atoms with E-state index in [0.29, 0.717) is 0 Å². The number of nitrogens with zero attached hydrogens (tertiary/aromatic N) is 1. The van der Waals surface area contributed by atoms with E-state index in [9.17, 15) is 0 Å². The molecule has 0 radical (unpaired) electrons. The standard InChI is InChI=1S/C15H21N3/c1-16-5-3-4-11-10-18(2)15-7-13-9-17-8-12(13)6-14(11)15/h6-7,10,16-17H,3-5,8-9H2,1-2H3. The Morgan fingerprint density at radius 2 is 2.06 bits per heavy atom. The van der Waals surface area contributed by atoms with Gasteiger partial charge in [-0.05, 0) is 55.3 Å². The molecule has 2 aromatic rings. The molecule has 18 heavy (non-hydrogen) atoms. The van der Waals surface area contributed by atoms with E-state index in [1.807, 2.05) is 7.05 Å². The van der Waals surface area contributed by atoms with Crippen molar-refractivity contribution in [2.45, 2.75) is 25.9 Å². The Labute approximate surface area is 108 Å². The molecule has 0 amide bonds. The van der Waals surface area contributed by atoms with E-state index in [-0.39, 0.29) is 0 Å². The molecule has 1 aromatic carbocycles. The van der Waals surface area contributed by atoms with Crippen molar-refractivity contribution in [3.8, 4) is 0 Å². The highest BCUT2D eigenvalue weighted by Crippen LogP contribution is 2.27. The van der Waals surface area contributed by atoms with Gasteiger partial charge in [0.15, 0.2) is 0 Å². The van der Waals surface area contributed by atoms with Crippen LogP contribution in [0.4, 0.5) is 0 Å². The van der Waals surface area contributed by atoms with Crippen molar-refractivity contribution in [3.63, 3.8) is 0 Å². The lowest BCUT2D eigenvalue weighted by molar-refractivity contribution is 0.725. The number of hydrogen-bond donors (Lipinski definition) is 2. The van der Waals surface area contributed by atoms with E-state index < -0.39 is 0 Å². The molecule has 0 bridgehead atoms. The Bertz CT molecular complexity index is 569. The topological polar surface area (TPSA) is 29.0 Å². The molecular formula is C15H21N3. The summed E-state index contributed by atoms with van der Waals surface area (Å²) in [5.74, 6) is 0. The van der Waals surface area contributed by atoms with Crippen LogP contribution in [-0.2, 0) is 26.6 Å². The summed E-state index contributed by atoms with van der Waals surface area (Å²) in [7, 11) is 4.17. The molecule has 3 nitrogen and oxygen atoms in total. The van der Waals surface area contributed by atoms with Crippen LogP contribution in [0.2, 0.25) is 0 Å². The van der Waals surface area contributed by atoms with Gasteiger partial charge in [-0.3, -0.25) is 0 Å². The Hall–Kier alpha value is -1.32. The minimum Gasteiger partial charge on any atom is -0.350 e. The number of aromatic nitrogens is 1. The van der Waals surface area contributed by atoms with Crippen molar-refractivity contribution >= 4 is 10.9 Å². The van der Waals surface area contributed by atoms with Gasteiger partial charge in [0.2, 0.25) is 0 Å². The van der Waals surface area contributed by atoms with Gasteiger partial charge in [0.05, 0.1) is 0 Å². The lowest BCUT2D eigenvalue weighted by Crippen LogP contribution is -2.08. The Morgan fingerprint density at radius 1 is 1.28 bits per heavy atom. The molecule has 0 atom stereocenters. The van der Waals surface area contributed by atoms with Gasteiger partial charge in [-0.15, -0.1) is 0 Å². The summed E-state index contributed by atoms with van der Waals surface area (Å²) in [6, 6.07) is 4.74. The third-order valence-corrected chi connectivity index (χ3v) is 3.90. The van der Waals surface area contributed by atoms with Gasteiger partial charge < -0.3 is 15.2 Å². The molecule has 1 aliphatic rings. The second kappa shape index (κ2) is 4.75. The summed E-state index contributed by atoms with van der Waals surface area (Å²) in [6.45, 7) is 3.13. The maximum atomic E-state index is 3.42. The molecule has 0 spiro atoms. The lowest BCUT2D eigenvalue weighted by Gasteiger charge is -2.02. The van der Waals surface area contributed by atoms with Crippen molar-refractivity contribution in [1.29, 1.82) is 0 Å². The zero-order valence-electron chi connectivity index (χ0n) is 11.2. The zero-order valence-corrected chi connectivity index (χ0v) is 11.2. The fourth-order valence-electron chi connectivity index (χ4n) is 2.91. The Kier molecular flexibility index (Phi) is 3.10. The molecule has 0 unspecified atom stereocenters. The highest BCUT2D eigenvalue weighted by Gasteiger charge is 2.14. The molecule has 3 rings (SSSR count). The molecule has 1 aromatic heterocycles. The van der Waals surface area contributed by atoms with Crippen LogP contribution in [0.5, 0.6) is 0 Å². The van der Waals surface area contributed by atoms with Crippen molar-refractivity contribution in [1.82, 2.24) is 15.2 Å². The summed E-state index contributed by atoms with van der Waals surface area (Å²) in [6.07, 6.45) is 4.65. The van der Waals surface area contributed by atoms with E-state index >= 15 is 0 Å². The summed E-state index contributed by atoms with van der Waals surface area (Å²) < 4.78 is 2.27. The van der Waals surface area contributed by atoms with E-state index in [1.165, 1.54) is 34.0 Å². The molecular weight excluding hydrogens is 222 g/mol. The van der Waals surface area contributed by atoms with Gasteiger partial charge in [-0.1, -0.05) is 0 Å². The first-order chi connectivity index (χ1) is 8.79. The van der Waals surface area contributed by atoms with Gasteiger partial charge in [-0.25, -0.2) is 0 Å². The third kappa shape index (κ3) is 1.93. The van der Waals surface area contributed by atoms with Crippen LogP contribution < -0.4 is 10.6 Å². The quantitative estimate of drug-likeness (QED) is 0.804. The second-order valence-corrected chi connectivity index (χ2v) is 5.21. The molecule has 2 heterocycles. The zero-order chi connectivity index (χ0) is 12.5. The number of hydrogen-bond acceptors (Lipinski definition) is 2. The summed E-state index contributed by atoms with van der Waals surface area (Å²) >= 11 is 0. The fourth-order valence-corrected chi connectivity index (χ4v) is 2.91. The van der Waals surface area contributed by atoms with E-state index in [4.69, 9.17) is 0 Å². The van der Waals surface area contributed by atoms with Gasteiger partial charge in [0.1, 0.15) is 0 Å². The maximum Gasteiger partial charge on any atom is 0.0484 e. The molecule has 2 N–H and O–H groups in total. The van der Waals surface area contributed by atoms with Crippen molar-refractivity contribution in [3.05, 3.63) is 35.0 Å².